The normalized spacial score (nSPS) is 15.2. The number of benzene rings is 1. The van der Waals surface area contributed by atoms with Crippen LogP contribution >= 0.6 is 0 Å². The molecule has 3 rings (SSSR count). The van der Waals surface area contributed by atoms with Crippen LogP contribution in [0.5, 0.6) is 0 Å². The number of amides is 1. The monoisotopic (exact) mass is 340 g/mol. The zero-order valence-corrected chi connectivity index (χ0v) is 14.5. The van der Waals surface area contributed by atoms with Gasteiger partial charge >= 0.3 is 6.09 Å². The van der Waals surface area contributed by atoms with Crippen molar-refractivity contribution < 1.29 is 14.3 Å². The second kappa shape index (κ2) is 8.01. The highest BCUT2D eigenvalue weighted by Crippen LogP contribution is 2.23. The van der Waals surface area contributed by atoms with E-state index in [1.807, 2.05) is 49.4 Å². The van der Waals surface area contributed by atoms with Gasteiger partial charge in [-0.3, -0.25) is 4.79 Å². The van der Waals surface area contributed by atoms with E-state index in [0.29, 0.717) is 37.7 Å². The maximum atomic E-state index is 12.3. The van der Waals surface area contributed by atoms with E-state index in [2.05, 4.69) is 4.98 Å². The van der Waals surface area contributed by atoms with Crippen molar-refractivity contribution >= 4 is 11.9 Å². The van der Waals surface area contributed by atoms with E-state index in [4.69, 9.17) is 4.74 Å². The highest BCUT2D eigenvalue weighted by atomic mass is 16.6. The first kappa shape index (κ1) is 17.3. The predicted molar refractivity (Wildman–Crippen MR) is 95.4 cm³/mol. The van der Waals surface area contributed by atoms with Gasteiger partial charge in [0.2, 0.25) is 0 Å². The van der Waals surface area contributed by atoms with Gasteiger partial charge in [-0.15, -0.1) is 0 Å². The van der Waals surface area contributed by atoms with Crippen molar-refractivity contribution in [1.29, 1.82) is 0 Å². The lowest BCUT2D eigenvalue weighted by atomic mass is 9.91. The number of aromatic nitrogens is 1. The molecule has 1 aromatic heterocycles. The zero-order chi connectivity index (χ0) is 17.6. The fourth-order valence-corrected chi connectivity index (χ4v) is 3.17. The van der Waals surface area contributed by atoms with Gasteiger partial charge in [-0.05, 0) is 43.4 Å². The van der Waals surface area contributed by atoms with Gasteiger partial charge in [0.1, 0.15) is 6.61 Å². The fourth-order valence-electron chi connectivity index (χ4n) is 3.17. The molecule has 1 aliphatic rings. The van der Waals surface area contributed by atoms with Gasteiger partial charge in [0.05, 0.1) is 5.69 Å². The Kier molecular flexibility index (Phi) is 5.53. The second-order valence-corrected chi connectivity index (χ2v) is 6.65. The van der Waals surface area contributed by atoms with Gasteiger partial charge in [-0.2, -0.15) is 0 Å². The second-order valence-electron chi connectivity index (χ2n) is 6.65. The highest BCUT2D eigenvalue weighted by molar-refractivity contribution is 5.94. The Hall–Kier alpha value is -2.56. The van der Waals surface area contributed by atoms with Crippen molar-refractivity contribution in [3.05, 3.63) is 59.4 Å². The molecule has 0 aliphatic carbocycles. The molecule has 2 aromatic rings. The van der Waals surface area contributed by atoms with Crippen molar-refractivity contribution in [3.63, 3.8) is 0 Å². The van der Waals surface area contributed by atoms with E-state index in [-0.39, 0.29) is 11.9 Å². The van der Waals surface area contributed by atoms with Crippen LogP contribution in [-0.2, 0) is 11.3 Å². The number of hydrogen-bond acceptors (Lipinski definition) is 3. The number of rotatable bonds is 5. The van der Waals surface area contributed by atoms with Gasteiger partial charge in [-0.1, -0.05) is 30.3 Å². The lowest BCUT2D eigenvalue weighted by Gasteiger charge is -2.31. The lowest BCUT2D eigenvalue weighted by molar-refractivity contribution is 0.0782. The zero-order valence-electron chi connectivity index (χ0n) is 14.5. The summed E-state index contributed by atoms with van der Waals surface area (Å²) in [5.74, 6) is 0.479. The minimum atomic E-state index is -0.270. The summed E-state index contributed by atoms with van der Waals surface area (Å²) in [6.07, 6.45) is 1.94. The maximum Gasteiger partial charge on any atom is 0.410 e. The molecular formula is C20H24N2O3. The maximum absolute atomic E-state index is 12.3. The molecule has 2 heterocycles. The summed E-state index contributed by atoms with van der Waals surface area (Å²) in [5.41, 5.74) is 2.67. The summed E-state index contributed by atoms with van der Waals surface area (Å²) in [7, 11) is 0. The molecule has 0 unspecified atom stereocenters. The number of piperidine rings is 1. The smallest absolute Gasteiger partial charge is 0.410 e. The number of likely N-dealkylation sites (tertiary alicyclic amines) is 1. The first-order valence-electron chi connectivity index (χ1n) is 8.76. The average molecular weight is 340 g/mol. The number of ketones is 1. The number of aryl methyl sites for hydroxylation is 1. The third kappa shape index (κ3) is 4.72. The minimum absolute atomic E-state index is 0.151. The summed E-state index contributed by atoms with van der Waals surface area (Å²) in [5, 5.41) is 0. The van der Waals surface area contributed by atoms with E-state index < -0.39 is 0 Å². The Bertz CT molecular complexity index is 716. The topological polar surface area (TPSA) is 62.4 Å². The predicted octanol–water partition coefficient (Wildman–Crippen LogP) is 3.94. The van der Waals surface area contributed by atoms with Crippen LogP contribution < -0.4 is 0 Å². The number of Topliss-reactive ketones (excluding diaryl/α,β-unsaturated/α-hetero) is 1. The van der Waals surface area contributed by atoms with E-state index in [1.54, 1.807) is 4.90 Å². The number of hydrogen-bond donors (Lipinski definition) is 1. The summed E-state index contributed by atoms with van der Waals surface area (Å²) in [6.45, 7) is 3.53. The number of nitrogens with one attached hydrogen (secondary N) is 1. The van der Waals surface area contributed by atoms with Gasteiger partial charge in [0.15, 0.2) is 5.78 Å². The Morgan fingerprint density at radius 3 is 2.48 bits per heavy atom. The third-order valence-electron chi connectivity index (χ3n) is 4.68. The highest BCUT2D eigenvalue weighted by Gasteiger charge is 2.25. The summed E-state index contributed by atoms with van der Waals surface area (Å²) < 4.78 is 5.37. The molecule has 1 N–H and O–H groups in total. The number of H-pyrrole nitrogens is 1. The molecule has 1 saturated heterocycles. The minimum Gasteiger partial charge on any atom is -0.445 e. The standard InChI is InChI=1S/C20H24N2O3/c1-15-7-8-18(21-15)19(23)13-16-9-11-22(12-10-16)20(24)25-14-17-5-3-2-4-6-17/h2-8,16,21H,9-14H2,1H3. The van der Waals surface area contributed by atoms with Crippen LogP contribution in [0.25, 0.3) is 0 Å². The molecular weight excluding hydrogens is 316 g/mol. The van der Waals surface area contributed by atoms with E-state index in [0.717, 1.165) is 24.1 Å². The molecule has 1 aliphatic heterocycles. The molecule has 5 heteroatoms. The van der Waals surface area contributed by atoms with Gasteiger partial charge < -0.3 is 14.6 Å². The molecule has 132 valence electrons. The van der Waals surface area contributed by atoms with Crippen LogP contribution in [0.2, 0.25) is 0 Å². The van der Waals surface area contributed by atoms with Gasteiger partial charge in [0, 0.05) is 25.2 Å². The summed E-state index contributed by atoms with van der Waals surface area (Å²) in [4.78, 5) is 29.3. The third-order valence-corrected chi connectivity index (χ3v) is 4.68. The average Bonchev–Trinajstić information content (AvgIpc) is 3.08. The lowest BCUT2D eigenvalue weighted by Crippen LogP contribution is -2.39. The van der Waals surface area contributed by atoms with Gasteiger partial charge in [0.25, 0.3) is 0 Å². The molecule has 0 saturated carbocycles. The van der Waals surface area contributed by atoms with Crippen molar-refractivity contribution in [2.75, 3.05) is 13.1 Å². The Morgan fingerprint density at radius 1 is 1.12 bits per heavy atom. The van der Waals surface area contributed by atoms with Gasteiger partial charge in [-0.25, -0.2) is 4.79 Å². The van der Waals surface area contributed by atoms with Crippen LogP contribution in [0.4, 0.5) is 4.79 Å². The van der Waals surface area contributed by atoms with E-state index >= 15 is 0 Å². The van der Waals surface area contributed by atoms with E-state index in [1.165, 1.54) is 0 Å². The molecule has 25 heavy (non-hydrogen) atoms. The molecule has 1 fully saturated rings. The molecule has 0 bridgehead atoms. The van der Waals surface area contributed by atoms with Crippen molar-refractivity contribution in [2.24, 2.45) is 5.92 Å². The van der Waals surface area contributed by atoms with Crippen LogP contribution in [-0.4, -0.2) is 34.8 Å². The van der Waals surface area contributed by atoms with Crippen LogP contribution in [0.15, 0.2) is 42.5 Å². The first-order chi connectivity index (χ1) is 12.1. The molecule has 5 nitrogen and oxygen atoms in total. The molecule has 0 spiro atoms. The van der Waals surface area contributed by atoms with E-state index in [9.17, 15) is 9.59 Å². The first-order valence-corrected chi connectivity index (χ1v) is 8.76. The number of ether oxygens (including phenoxy) is 1. The number of nitrogens with zero attached hydrogens (tertiary/aromatic N) is 1. The SMILES string of the molecule is Cc1ccc(C(=O)CC2CCN(C(=O)OCc3ccccc3)CC2)[nH]1. The van der Waals surface area contributed by atoms with Crippen molar-refractivity contribution in [2.45, 2.75) is 32.8 Å². The fraction of sp³-hybridized carbons (Fsp3) is 0.400. The van der Waals surface area contributed by atoms with Crippen LogP contribution in [0, 0.1) is 12.8 Å². The Morgan fingerprint density at radius 2 is 1.84 bits per heavy atom. The molecule has 0 radical (unpaired) electrons. The Labute approximate surface area is 148 Å². The molecule has 0 atom stereocenters. The molecule has 1 amide bonds. The number of carbonyl (C=O) groups excluding carboxylic acids is 2. The van der Waals surface area contributed by atoms with Crippen molar-refractivity contribution in [1.82, 2.24) is 9.88 Å². The number of aromatic amines is 1. The molecule has 1 aromatic carbocycles. The summed E-state index contributed by atoms with van der Waals surface area (Å²) in [6, 6.07) is 13.4. The number of carbonyl (C=O) groups is 2. The Balaban J connectivity index is 1.42. The van der Waals surface area contributed by atoms with Crippen molar-refractivity contribution in [3.8, 4) is 0 Å². The largest absolute Gasteiger partial charge is 0.445 e. The summed E-state index contributed by atoms with van der Waals surface area (Å²) >= 11 is 0. The van der Waals surface area contributed by atoms with Crippen LogP contribution in [0.1, 0.15) is 41.0 Å². The quantitative estimate of drug-likeness (QED) is 0.839. The van der Waals surface area contributed by atoms with Crippen LogP contribution in [0.3, 0.4) is 0 Å².